The number of rotatable bonds is 2. The molecule has 82 valence electrons. The predicted molar refractivity (Wildman–Crippen MR) is 66.4 cm³/mol. The fourth-order valence-electron chi connectivity index (χ4n) is 1.30. The first-order chi connectivity index (χ1) is 7.65. The lowest BCUT2D eigenvalue weighted by molar-refractivity contribution is 0.628. The highest BCUT2D eigenvalue weighted by Crippen LogP contribution is 2.24. The molecular formula is C12H10BrFN2. The molecule has 4 heteroatoms. The van der Waals surface area contributed by atoms with Gasteiger partial charge in [0.15, 0.2) is 0 Å². The van der Waals surface area contributed by atoms with Gasteiger partial charge in [-0.2, -0.15) is 0 Å². The molecule has 0 saturated carbocycles. The topological polar surface area (TPSA) is 24.9 Å². The van der Waals surface area contributed by atoms with Gasteiger partial charge in [-0.15, -0.1) is 0 Å². The van der Waals surface area contributed by atoms with Gasteiger partial charge < -0.3 is 5.32 Å². The Kier molecular flexibility index (Phi) is 3.19. The number of pyridine rings is 1. The fourth-order valence-corrected chi connectivity index (χ4v) is 1.86. The summed E-state index contributed by atoms with van der Waals surface area (Å²) in [7, 11) is 0. The lowest BCUT2D eigenvalue weighted by Crippen LogP contribution is -1.95. The van der Waals surface area contributed by atoms with E-state index in [0.717, 1.165) is 21.5 Å². The van der Waals surface area contributed by atoms with Gasteiger partial charge in [0.1, 0.15) is 11.6 Å². The molecule has 0 unspecified atom stereocenters. The van der Waals surface area contributed by atoms with E-state index in [2.05, 4.69) is 26.2 Å². The molecule has 0 spiro atoms. The predicted octanol–water partition coefficient (Wildman–Crippen LogP) is 4.04. The van der Waals surface area contributed by atoms with Crippen molar-refractivity contribution >= 4 is 27.4 Å². The molecule has 0 aliphatic carbocycles. The second-order valence-corrected chi connectivity index (χ2v) is 4.33. The van der Waals surface area contributed by atoms with Gasteiger partial charge in [-0.1, -0.05) is 0 Å². The molecule has 0 radical (unpaired) electrons. The average molecular weight is 281 g/mol. The van der Waals surface area contributed by atoms with E-state index in [1.807, 2.05) is 13.0 Å². The summed E-state index contributed by atoms with van der Waals surface area (Å²) < 4.78 is 13.6. The SMILES string of the molecule is Cc1cnc(Nc2ccc(F)cc2)c(Br)c1. The highest BCUT2D eigenvalue weighted by atomic mass is 79.9. The number of hydrogen-bond acceptors (Lipinski definition) is 2. The zero-order chi connectivity index (χ0) is 11.5. The zero-order valence-electron chi connectivity index (χ0n) is 8.67. The number of aromatic nitrogens is 1. The highest BCUT2D eigenvalue weighted by Gasteiger charge is 2.02. The minimum atomic E-state index is -0.249. The Hall–Kier alpha value is -1.42. The molecule has 0 aliphatic rings. The summed E-state index contributed by atoms with van der Waals surface area (Å²) >= 11 is 3.42. The molecule has 1 heterocycles. The normalized spacial score (nSPS) is 10.2. The summed E-state index contributed by atoms with van der Waals surface area (Å²) in [5, 5.41) is 3.10. The number of benzene rings is 1. The van der Waals surface area contributed by atoms with Crippen molar-refractivity contribution < 1.29 is 4.39 Å². The molecule has 0 amide bonds. The summed E-state index contributed by atoms with van der Waals surface area (Å²) in [5.74, 6) is 0.471. The van der Waals surface area contributed by atoms with E-state index >= 15 is 0 Å². The van der Waals surface area contributed by atoms with Crippen LogP contribution in [-0.4, -0.2) is 4.98 Å². The molecule has 2 rings (SSSR count). The minimum Gasteiger partial charge on any atom is -0.339 e. The monoisotopic (exact) mass is 280 g/mol. The number of halogens is 2. The van der Waals surface area contributed by atoms with Gasteiger partial charge in [0.05, 0.1) is 4.47 Å². The van der Waals surface area contributed by atoms with E-state index in [0.29, 0.717) is 0 Å². The average Bonchev–Trinajstić information content (AvgIpc) is 2.25. The van der Waals surface area contributed by atoms with E-state index in [4.69, 9.17) is 0 Å². The van der Waals surface area contributed by atoms with Gasteiger partial charge in [0, 0.05) is 11.9 Å². The standard InChI is InChI=1S/C12H10BrFN2/c1-8-6-11(13)12(15-7-8)16-10-4-2-9(14)3-5-10/h2-7H,1H3,(H,15,16). The van der Waals surface area contributed by atoms with Crippen molar-refractivity contribution in [1.29, 1.82) is 0 Å². The number of nitrogens with zero attached hydrogens (tertiary/aromatic N) is 1. The molecule has 1 aromatic carbocycles. The maximum absolute atomic E-state index is 12.7. The number of anilines is 2. The summed E-state index contributed by atoms with van der Waals surface area (Å²) in [5.41, 5.74) is 1.88. The van der Waals surface area contributed by atoms with E-state index in [-0.39, 0.29) is 5.82 Å². The van der Waals surface area contributed by atoms with Crippen LogP contribution in [0.2, 0.25) is 0 Å². The molecular weight excluding hydrogens is 271 g/mol. The van der Waals surface area contributed by atoms with Gasteiger partial charge in [-0.3, -0.25) is 0 Å². The fraction of sp³-hybridized carbons (Fsp3) is 0.0833. The highest BCUT2D eigenvalue weighted by molar-refractivity contribution is 9.10. The van der Waals surface area contributed by atoms with Crippen molar-refractivity contribution in [3.8, 4) is 0 Å². The van der Waals surface area contributed by atoms with E-state index in [9.17, 15) is 4.39 Å². The lowest BCUT2D eigenvalue weighted by atomic mass is 10.3. The largest absolute Gasteiger partial charge is 0.339 e. The second-order valence-electron chi connectivity index (χ2n) is 3.47. The maximum Gasteiger partial charge on any atom is 0.144 e. The van der Waals surface area contributed by atoms with Crippen LogP contribution in [0.3, 0.4) is 0 Å². The Morgan fingerprint density at radius 2 is 1.94 bits per heavy atom. The Morgan fingerprint density at radius 1 is 1.25 bits per heavy atom. The third-order valence-electron chi connectivity index (χ3n) is 2.08. The molecule has 0 aliphatic heterocycles. The van der Waals surface area contributed by atoms with Crippen LogP contribution in [0.4, 0.5) is 15.9 Å². The van der Waals surface area contributed by atoms with Crippen molar-refractivity contribution in [1.82, 2.24) is 4.98 Å². The van der Waals surface area contributed by atoms with Crippen LogP contribution in [0, 0.1) is 12.7 Å². The van der Waals surface area contributed by atoms with Crippen LogP contribution in [0.5, 0.6) is 0 Å². The van der Waals surface area contributed by atoms with E-state index < -0.39 is 0 Å². The third kappa shape index (κ3) is 2.58. The van der Waals surface area contributed by atoms with Crippen LogP contribution in [0.1, 0.15) is 5.56 Å². The molecule has 16 heavy (non-hydrogen) atoms. The molecule has 0 fully saturated rings. The summed E-state index contributed by atoms with van der Waals surface area (Å²) in [6.07, 6.45) is 1.77. The summed E-state index contributed by atoms with van der Waals surface area (Å²) in [6.45, 7) is 1.97. The van der Waals surface area contributed by atoms with Crippen molar-refractivity contribution in [3.63, 3.8) is 0 Å². The van der Waals surface area contributed by atoms with Crippen LogP contribution < -0.4 is 5.32 Å². The van der Waals surface area contributed by atoms with Crippen LogP contribution in [0.15, 0.2) is 41.0 Å². The van der Waals surface area contributed by atoms with Crippen LogP contribution >= 0.6 is 15.9 Å². The first-order valence-electron chi connectivity index (χ1n) is 4.80. The van der Waals surface area contributed by atoms with Gasteiger partial charge in [-0.05, 0) is 58.7 Å². The Bertz CT molecular complexity index is 497. The summed E-state index contributed by atoms with van der Waals surface area (Å²) in [4.78, 5) is 4.24. The molecule has 0 saturated heterocycles. The van der Waals surface area contributed by atoms with Gasteiger partial charge in [-0.25, -0.2) is 9.37 Å². The van der Waals surface area contributed by atoms with Crippen molar-refractivity contribution in [2.24, 2.45) is 0 Å². The quantitative estimate of drug-likeness (QED) is 0.898. The first-order valence-corrected chi connectivity index (χ1v) is 5.59. The van der Waals surface area contributed by atoms with Crippen molar-refractivity contribution in [3.05, 3.63) is 52.4 Å². The molecule has 1 aromatic heterocycles. The first kappa shape index (κ1) is 11.1. The van der Waals surface area contributed by atoms with Gasteiger partial charge >= 0.3 is 0 Å². The second kappa shape index (κ2) is 4.61. The van der Waals surface area contributed by atoms with E-state index in [1.54, 1.807) is 18.3 Å². The smallest absolute Gasteiger partial charge is 0.144 e. The van der Waals surface area contributed by atoms with Crippen LogP contribution in [-0.2, 0) is 0 Å². The van der Waals surface area contributed by atoms with Crippen molar-refractivity contribution in [2.75, 3.05) is 5.32 Å². The number of aryl methyl sites for hydroxylation is 1. The van der Waals surface area contributed by atoms with Gasteiger partial charge in [0.25, 0.3) is 0 Å². The van der Waals surface area contributed by atoms with Gasteiger partial charge in [0.2, 0.25) is 0 Å². The number of nitrogens with one attached hydrogen (secondary N) is 1. The molecule has 2 aromatic rings. The maximum atomic E-state index is 12.7. The van der Waals surface area contributed by atoms with Crippen LogP contribution in [0.25, 0.3) is 0 Å². The molecule has 0 bridgehead atoms. The molecule has 1 N–H and O–H groups in total. The summed E-state index contributed by atoms with van der Waals surface area (Å²) in [6, 6.07) is 8.13. The molecule has 2 nitrogen and oxygen atoms in total. The third-order valence-corrected chi connectivity index (χ3v) is 2.69. The van der Waals surface area contributed by atoms with Crippen molar-refractivity contribution in [2.45, 2.75) is 6.92 Å². The lowest BCUT2D eigenvalue weighted by Gasteiger charge is -2.07. The van der Waals surface area contributed by atoms with E-state index in [1.165, 1.54) is 12.1 Å². The Labute approximate surface area is 102 Å². The number of hydrogen-bond donors (Lipinski definition) is 1. The Morgan fingerprint density at radius 3 is 2.56 bits per heavy atom. The Balaban J connectivity index is 2.23. The zero-order valence-corrected chi connectivity index (χ0v) is 10.3. The molecule has 0 atom stereocenters. The minimum absolute atomic E-state index is 0.249.